The van der Waals surface area contributed by atoms with Crippen molar-refractivity contribution in [3.63, 3.8) is 0 Å². The van der Waals surface area contributed by atoms with E-state index in [0.717, 1.165) is 5.56 Å². The van der Waals surface area contributed by atoms with E-state index in [1.54, 1.807) is 10.9 Å². The maximum atomic E-state index is 10.9. The largest absolute Gasteiger partial charge is 0.494 e. The van der Waals surface area contributed by atoms with Gasteiger partial charge in [0.2, 0.25) is 0 Å². The molecule has 0 aliphatic rings. The fourth-order valence-corrected chi connectivity index (χ4v) is 2.90. The Morgan fingerprint density at radius 2 is 2.04 bits per heavy atom. The first kappa shape index (κ1) is 19.6. The Balaban J connectivity index is 1.69. The number of anilines is 2. The van der Waals surface area contributed by atoms with E-state index in [9.17, 15) is 10.1 Å². The molecular weight excluding hydrogens is 402 g/mol. The Morgan fingerprint density at radius 1 is 1.29 bits per heavy atom. The molecule has 28 heavy (non-hydrogen) atoms. The summed E-state index contributed by atoms with van der Waals surface area (Å²) in [6.07, 6.45) is 1.70. The summed E-state index contributed by atoms with van der Waals surface area (Å²) in [4.78, 5) is 10.4. The van der Waals surface area contributed by atoms with Crippen molar-refractivity contribution in [2.75, 3.05) is 17.7 Å². The second kappa shape index (κ2) is 8.68. The number of hydrogen-bond donors (Lipinski definition) is 2. The number of aromatic nitrogens is 2. The first-order chi connectivity index (χ1) is 13.5. The molecule has 0 spiro atoms. The highest BCUT2D eigenvalue weighted by Gasteiger charge is 2.14. The predicted octanol–water partition coefficient (Wildman–Crippen LogP) is 4.31. The van der Waals surface area contributed by atoms with Gasteiger partial charge in [-0.2, -0.15) is 5.10 Å². The number of benzene rings is 2. The predicted molar refractivity (Wildman–Crippen MR) is 112 cm³/mol. The number of methoxy groups -OCH3 is 1. The molecule has 3 rings (SSSR count). The summed E-state index contributed by atoms with van der Waals surface area (Å²) < 4.78 is 6.88. The second-order valence-corrected chi connectivity index (χ2v) is 6.55. The highest BCUT2D eigenvalue weighted by molar-refractivity contribution is 7.80. The molecule has 8 nitrogen and oxygen atoms in total. The molecule has 144 valence electrons. The van der Waals surface area contributed by atoms with Crippen molar-refractivity contribution in [1.29, 1.82) is 0 Å². The third kappa shape index (κ3) is 4.76. The molecule has 0 radical (unpaired) electrons. The Hall–Kier alpha value is -3.17. The number of ether oxygens (including phenoxy) is 1. The van der Waals surface area contributed by atoms with Crippen LogP contribution in [0.1, 0.15) is 5.56 Å². The van der Waals surface area contributed by atoms with Gasteiger partial charge in [-0.1, -0.05) is 41.9 Å². The van der Waals surface area contributed by atoms with Crippen LogP contribution < -0.4 is 15.4 Å². The van der Waals surface area contributed by atoms with E-state index in [1.165, 1.54) is 25.3 Å². The number of nitro groups is 1. The molecule has 10 heteroatoms. The summed E-state index contributed by atoms with van der Waals surface area (Å²) in [6, 6.07) is 14.0. The lowest BCUT2D eigenvalue weighted by atomic mass is 10.2. The molecule has 0 saturated heterocycles. The second-order valence-electron chi connectivity index (χ2n) is 5.73. The van der Waals surface area contributed by atoms with Crippen LogP contribution in [0.3, 0.4) is 0 Å². The van der Waals surface area contributed by atoms with Crippen LogP contribution in [0.4, 0.5) is 17.2 Å². The van der Waals surface area contributed by atoms with Crippen LogP contribution in [0, 0.1) is 10.1 Å². The highest BCUT2D eigenvalue weighted by atomic mass is 35.5. The topological polar surface area (TPSA) is 94.2 Å². The number of hydrogen-bond acceptors (Lipinski definition) is 5. The zero-order valence-electron chi connectivity index (χ0n) is 14.8. The lowest BCUT2D eigenvalue weighted by molar-refractivity contribution is -0.384. The summed E-state index contributed by atoms with van der Waals surface area (Å²) in [5, 5.41) is 21.8. The quantitative estimate of drug-likeness (QED) is 0.350. The average molecular weight is 418 g/mol. The van der Waals surface area contributed by atoms with Crippen LogP contribution in [-0.4, -0.2) is 26.9 Å². The van der Waals surface area contributed by atoms with Crippen LogP contribution in [0.15, 0.2) is 54.7 Å². The van der Waals surface area contributed by atoms with E-state index in [1.807, 2.05) is 30.3 Å². The Morgan fingerprint density at radius 3 is 2.71 bits per heavy atom. The van der Waals surface area contributed by atoms with Crippen molar-refractivity contribution >= 4 is 46.1 Å². The summed E-state index contributed by atoms with van der Waals surface area (Å²) in [5.41, 5.74) is 1.49. The fourth-order valence-electron chi connectivity index (χ4n) is 2.49. The molecule has 2 N–H and O–H groups in total. The molecule has 2 aromatic carbocycles. The molecule has 0 unspecified atom stereocenters. The zero-order chi connectivity index (χ0) is 20.1. The van der Waals surface area contributed by atoms with E-state index in [-0.39, 0.29) is 10.8 Å². The molecule has 0 aliphatic heterocycles. The van der Waals surface area contributed by atoms with Gasteiger partial charge in [0.15, 0.2) is 10.9 Å². The molecular formula is C18H16ClN5O3S. The normalized spacial score (nSPS) is 10.4. The molecule has 0 amide bonds. The Bertz CT molecular complexity index is 1010. The highest BCUT2D eigenvalue weighted by Crippen LogP contribution is 2.29. The Labute approximate surface area is 171 Å². The number of nitro benzene ring substituents is 1. The fraction of sp³-hybridized carbons (Fsp3) is 0.111. The molecule has 0 aliphatic carbocycles. The standard InChI is InChI=1S/C18H16ClN5O3S/c1-27-16-9-13(24(25)26)7-8-15(16)20-18(28)21-17-14(19)11-23(22-17)10-12-5-3-2-4-6-12/h2-9,11H,10H2,1H3,(H2,20,21,22,28). The van der Waals surface area contributed by atoms with Gasteiger partial charge < -0.3 is 15.4 Å². The van der Waals surface area contributed by atoms with Gasteiger partial charge in [0.1, 0.15) is 10.8 Å². The minimum Gasteiger partial charge on any atom is -0.494 e. The number of rotatable bonds is 6. The average Bonchev–Trinajstić information content (AvgIpc) is 3.01. The molecule has 3 aromatic rings. The molecule has 1 heterocycles. The van der Waals surface area contributed by atoms with Gasteiger partial charge in [-0.15, -0.1) is 0 Å². The lowest BCUT2D eigenvalue weighted by Crippen LogP contribution is -2.20. The summed E-state index contributed by atoms with van der Waals surface area (Å²) >= 11 is 11.5. The van der Waals surface area contributed by atoms with Crippen molar-refractivity contribution < 1.29 is 9.66 Å². The molecule has 0 atom stereocenters. The van der Waals surface area contributed by atoms with Gasteiger partial charge in [-0.3, -0.25) is 14.8 Å². The van der Waals surface area contributed by atoms with Gasteiger partial charge in [-0.05, 0) is 23.8 Å². The number of non-ortho nitro benzene ring substituents is 1. The van der Waals surface area contributed by atoms with Gasteiger partial charge in [0.25, 0.3) is 5.69 Å². The zero-order valence-corrected chi connectivity index (χ0v) is 16.3. The number of halogens is 1. The Kier molecular flexibility index (Phi) is 6.07. The van der Waals surface area contributed by atoms with Crippen LogP contribution >= 0.6 is 23.8 Å². The number of nitrogens with zero attached hydrogens (tertiary/aromatic N) is 3. The first-order valence-corrected chi connectivity index (χ1v) is 8.92. The summed E-state index contributed by atoms with van der Waals surface area (Å²) in [6.45, 7) is 0.568. The van der Waals surface area contributed by atoms with Gasteiger partial charge in [0.05, 0.1) is 30.3 Å². The third-order valence-corrected chi connectivity index (χ3v) is 4.26. The monoisotopic (exact) mass is 417 g/mol. The minimum absolute atomic E-state index is 0.0797. The molecule has 0 fully saturated rings. The minimum atomic E-state index is -0.498. The summed E-state index contributed by atoms with van der Waals surface area (Å²) in [5.74, 6) is 0.690. The van der Waals surface area contributed by atoms with Crippen molar-refractivity contribution in [2.24, 2.45) is 0 Å². The van der Waals surface area contributed by atoms with Crippen LogP contribution in [-0.2, 0) is 6.54 Å². The maximum Gasteiger partial charge on any atom is 0.273 e. The van der Waals surface area contributed by atoms with Crippen LogP contribution in [0.5, 0.6) is 5.75 Å². The van der Waals surface area contributed by atoms with Crippen molar-refractivity contribution in [3.05, 3.63) is 75.4 Å². The van der Waals surface area contributed by atoms with Crippen LogP contribution in [0.2, 0.25) is 5.02 Å². The van der Waals surface area contributed by atoms with Crippen LogP contribution in [0.25, 0.3) is 0 Å². The van der Waals surface area contributed by atoms with Crippen molar-refractivity contribution in [2.45, 2.75) is 6.54 Å². The van der Waals surface area contributed by atoms with Crippen molar-refractivity contribution in [3.8, 4) is 5.75 Å². The van der Waals surface area contributed by atoms with Gasteiger partial charge in [0, 0.05) is 12.3 Å². The SMILES string of the molecule is COc1cc([N+](=O)[O-])ccc1NC(=S)Nc1nn(Cc2ccccc2)cc1Cl. The van der Waals surface area contributed by atoms with E-state index in [4.69, 9.17) is 28.6 Å². The van der Waals surface area contributed by atoms with E-state index < -0.39 is 4.92 Å². The van der Waals surface area contributed by atoms with Gasteiger partial charge in [-0.25, -0.2) is 0 Å². The smallest absolute Gasteiger partial charge is 0.273 e. The van der Waals surface area contributed by atoms with E-state index >= 15 is 0 Å². The first-order valence-electron chi connectivity index (χ1n) is 8.13. The molecule has 0 bridgehead atoms. The van der Waals surface area contributed by atoms with Crippen molar-refractivity contribution in [1.82, 2.24) is 9.78 Å². The summed E-state index contributed by atoms with van der Waals surface area (Å²) in [7, 11) is 1.42. The van der Waals surface area contributed by atoms with Gasteiger partial charge >= 0.3 is 0 Å². The molecule has 1 aromatic heterocycles. The number of nitrogens with one attached hydrogen (secondary N) is 2. The number of thiocarbonyl (C=S) groups is 1. The van der Waals surface area contributed by atoms with E-state index in [2.05, 4.69) is 15.7 Å². The lowest BCUT2D eigenvalue weighted by Gasteiger charge is -2.12. The molecule has 0 saturated carbocycles. The van der Waals surface area contributed by atoms with E-state index in [0.29, 0.717) is 28.8 Å². The third-order valence-electron chi connectivity index (χ3n) is 3.78. The maximum absolute atomic E-state index is 10.9.